The molecule has 8 heteroatoms. The van der Waals surface area contributed by atoms with Crippen molar-refractivity contribution >= 4 is 22.8 Å². The van der Waals surface area contributed by atoms with Crippen LogP contribution in [0.4, 0.5) is 0 Å². The van der Waals surface area contributed by atoms with E-state index in [-0.39, 0.29) is 23.8 Å². The lowest BCUT2D eigenvalue weighted by Crippen LogP contribution is -2.58. The maximum atomic E-state index is 13.4. The highest BCUT2D eigenvalue weighted by Crippen LogP contribution is 2.50. The topological polar surface area (TPSA) is 90.1 Å². The second-order valence-electron chi connectivity index (χ2n) is 11.5. The summed E-state index contributed by atoms with van der Waals surface area (Å²) in [4.78, 5) is 33.0. The molecule has 2 fully saturated rings. The molecule has 2 aromatic carbocycles. The van der Waals surface area contributed by atoms with E-state index in [4.69, 9.17) is 18.9 Å². The number of benzene rings is 2. The smallest absolute Gasteiger partial charge is 0.338 e. The number of piperidine rings is 1. The number of aryl methyl sites for hydroxylation is 1. The Morgan fingerprint density at radius 1 is 1.05 bits per heavy atom. The number of H-pyrrole nitrogens is 1. The van der Waals surface area contributed by atoms with Crippen LogP contribution in [0.2, 0.25) is 0 Å². The number of nitrogens with one attached hydrogen (secondary N) is 1. The van der Waals surface area contributed by atoms with Crippen LogP contribution in [0.15, 0.2) is 36.4 Å². The number of fused-ring (bicyclic) bond motifs is 6. The van der Waals surface area contributed by atoms with Crippen LogP contribution in [0.25, 0.3) is 10.9 Å². The third-order valence-corrected chi connectivity index (χ3v) is 9.64. The van der Waals surface area contributed by atoms with Gasteiger partial charge >= 0.3 is 11.9 Å². The highest BCUT2D eigenvalue weighted by atomic mass is 16.6. The summed E-state index contributed by atoms with van der Waals surface area (Å²) in [6, 6.07) is 12.2. The zero-order chi connectivity index (χ0) is 28.1. The van der Waals surface area contributed by atoms with Crippen molar-refractivity contribution in [2.75, 3.05) is 34.4 Å². The molecular formula is C32H38N2O6. The highest BCUT2D eigenvalue weighted by Gasteiger charge is 2.54. The number of carbonyl (C=O) groups is 2. The molecule has 0 spiro atoms. The third-order valence-electron chi connectivity index (χ3n) is 9.64. The molecule has 6 unspecified atom stereocenters. The van der Waals surface area contributed by atoms with Crippen molar-refractivity contribution in [1.29, 1.82) is 0 Å². The standard InChI is InChI=1S/C32H38N2O6/c1-17-12-19(13-26(37-3)18(17)2)31(35)40-27-14-20-16-34-11-10-22-21-8-6-7-9-24(21)33-29(22)25(34)15-23(20)28(30(27)38-4)32(36)39-5/h6-9,12-13,20,23,25,27-28,30,33H,10-11,14-16H2,1-5H3. The number of aromatic nitrogens is 1. The van der Waals surface area contributed by atoms with Gasteiger partial charge in [-0.25, -0.2) is 4.79 Å². The average Bonchev–Trinajstić information content (AvgIpc) is 3.35. The first-order valence-electron chi connectivity index (χ1n) is 14.1. The Bertz CT molecular complexity index is 1450. The predicted octanol–water partition coefficient (Wildman–Crippen LogP) is 4.76. The van der Waals surface area contributed by atoms with Gasteiger partial charge in [-0.15, -0.1) is 0 Å². The molecule has 1 aliphatic carbocycles. The van der Waals surface area contributed by atoms with E-state index in [0.29, 0.717) is 17.7 Å². The van der Waals surface area contributed by atoms with Gasteiger partial charge in [0.05, 0.1) is 31.7 Å². The molecule has 0 radical (unpaired) electrons. The van der Waals surface area contributed by atoms with Crippen LogP contribution in [0, 0.1) is 31.6 Å². The van der Waals surface area contributed by atoms with Gasteiger partial charge in [-0.3, -0.25) is 9.69 Å². The molecule has 212 valence electrons. The quantitative estimate of drug-likeness (QED) is 0.462. The average molecular weight is 547 g/mol. The second-order valence-corrected chi connectivity index (χ2v) is 11.5. The Morgan fingerprint density at radius 3 is 2.60 bits per heavy atom. The normalized spacial score (nSPS) is 27.8. The summed E-state index contributed by atoms with van der Waals surface area (Å²) in [5, 5.41) is 1.29. The molecule has 6 rings (SSSR count). The molecule has 6 atom stereocenters. The number of methoxy groups -OCH3 is 3. The molecule has 3 aliphatic rings. The van der Waals surface area contributed by atoms with Crippen molar-refractivity contribution in [2.24, 2.45) is 17.8 Å². The number of nitrogens with zero attached hydrogens (tertiary/aromatic N) is 1. The van der Waals surface area contributed by atoms with Crippen molar-refractivity contribution in [1.82, 2.24) is 9.88 Å². The number of hydrogen-bond acceptors (Lipinski definition) is 7. The van der Waals surface area contributed by atoms with Crippen LogP contribution in [-0.2, 0) is 25.4 Å². The number of carbonyl (C=O) groups excluding carboxylic acids is 2. The lowest BCUT2D eigenvalue weighted by Gasteiger charge is -2.52. The van der Waals surface area contributed by atoms with Crippen LogP contribution in [0.5, 0.6) is 5.75 Å². The van der Waals surface area contributed by atoms with Gasteiger partial charge < -0.3 is 23.9 Å². The predicted molar refractivity (Wildman–Crippen MR) is 151 cm³/mol. The first-order valence-corrected chi connectivity index (χ1v) is 14.1. The zero-order valence-corrected chi connectivity index (χ0v) is 23.9. The van der Waals surface area contributed by atoms with Gasteiger partial charge in [0, 0.05) is 36.8 Å². The Kier molecular flexibility index (Phi) is 7.09. The number of aromatic amines is 1. The fourth-order valence-corrected chi connectivity index (χ4v) is 7.56. The van der Waals surface area contributed by atoms with Crippen molar-refractivity contribution in [3.8, 4) is 5.75 Å². The maximum absolute atomic E-state index is 13.4. The molecule has 1 saturated carbocycles. The van der Waals surface area contributed by atoms with Crippen molar-refractivity contribution in [3.63, 3.8) is 0 Å². The molecule has 1 aromatic heterocycles. The zero-order valence-electron chi connectivity index (χ0n) is 23.9. The van der Waals surface area contributed by atoms with E-state index >= 15 is 0 Å². The molecule has 40 heavy (non-hydrogen) atoms. The number of ether oxygens (including phenoxy) is 4. The summed E-state index contributed by atoms with van der Waals surface area (Å²) in [5.74, 6) is -0.414. The van der Waals surface area contributed by atoms with Crippen LogP contribution >= 0.6 is 0 Å². The van der Waals surface area contributed by atoms with Gasteiger partial charge in [0.25, 0.3) is 0 Å². The summed E-state index contributed by atoms with van der Waals surface area (Å²) >= 11 is 0. The largest absolute Gasteiger partial charge is 0.496 e. The Hall–Kier alpha value is -3.36. The summed E-state index contributed by atoms with van der Waals surface area (Å²) in [6.07, 6.45) is 1.28. The highest BCUT2D eigenvalue weighted by molar-refractivity contribution is 5.90. The fraction of sp³-hybridized carbons (Fsp3) is 0.500. The van der Waals surface area contributed by atoms with Crippen molar-refractivity contribution < 1.29 is 28.5 Å². The fourth-order valence-electron chi connectivity index (χ4n) is 7.56. The van der Waals surface area contributed by atoms with Crippen LogP contribution in [0.1, 0.15) is 51.6 Å². The molecule has 3 heterocycles. The second kappa shape index (κ2) is 10.6. The molecule has 1 N–H and O–H groups in total. The first-order chi connectivity index (χ1) is 19.3. The molecule has 3 aromatic rings. The molecule has 2 aliphatic heterocycles. The summed E-state index contributed by atoms with van der Waals surface area (Å²) in [5.41, 5.74) is 6.18. The maximum Gasteiger partial charge on any atom is 0.338 e. The Morgan fingerprint density at radius 2 is 1.85 bits per heavy atom. The minimum Gasteiger partial charge on any atom is -0.496 e. The molecule has 0 amide bonds. The minimum absolute atomic E-state index is 0.0488. The SMILES string of the molecule is COC(=O)C1C2CC3c4[nH]c5ccccc5c4CCN3CC2CC(OC(=O)c2cc(C)c(C)c(OC)c2)C1OC. The lowest BCUT2D eigenvalue weighted by atomic mass is 9.63. The van der Waals surface area contributed by atoms with Gasteiger partial charge in [0.15, 0.2) is 0 Å². The van der Waals surface area contributed by atoms with E-state index in [1.165, 1.54) is 23.8 Å². The van der Waals surface area contributed by atoms with Crippen molar-refractivity contribution in [3.05, 3.63) is 64.3 Å². The third kappa shape index (κ3) is 4.38. The van der Waals surface area contributed by atoms with E-state index in [1.807, 2.05) is 19.9 Å². The Balaban J connectivity index is 1.30. The minimum atomic E-state index is -0.594. The molecular weight excluding hydrogens is 508 g/mol. The number of rotatable bonds is 5. The number of esters is 2. The number of para-hydroxylation sites is 1. The van der Waals surface area contributed by atoms with Gasteiger partial charge in [-0.1, -0.05) is 18.2 Å². The van der Waals surface area contributed by atoms with Gasteiger partial charge in [0.2, 0.25) is 0 Å². The molecule has 0 bridgehead atoms. The van der Waals surface area contributed by atoms with Crippen molar-refractivity contribution in [2.45, 2.75) is 51.4 Å². The van der Waals surface area contributed by atoms with Crippen LogP contribution in [0.3, 0.4) is 0 Å². The van der Waals surface area contributed by atoms with Crippen LogP contribution in [-0.4, -0.2) is 68.4 Å². The Labute approximate surface area is 234 Å². The summed E-state index contributed by atoms with van der Waals surface area (Å²) in [6.45, 7) is 5.70. The monoisotopic (exact) mass is 546 g/mol. The summed E-state index contributed by atoms with van der Waals surface area (Å²) in [7, 11) is 4.61. The molecule has 8 nitrogen and oxygen atoms in total. The van der Waals surface area contributed by atoms with E-state index in [0.717, 1.165) is 42.6 Å². The summed E-state index contributed by atoms with van der Waals surface area (Å²) < 4.78 is 22.9. The van der Waals surface area contributed by atoms with E-state index in [2.05, 4.69) is 34.1 Å². The van der Waals surface area contributed by atoms with E-state index < -0.39 is 24.1 Å². The van der Waals surface area contributed by atoms with Crippen LogP contribution < -0.4 is 4.74 Å². The van der Waals surface area contributed by atoms with Gasteiger partial charge in [-0.05, 0) is 79.8 Å². The van der Waals surface area contributed by atoms with Gasteiger partial charge in [-0.2, -0.15) is 0 Å². The first kappa shape index (κ1) is 26.8. The lowest BCUT2D eigenvalue weighted by molar-refractivity contribution is -0.176. The van der Waals surface area contributed by atoms with E-state index in [1.54, 1.807) is 20.3 Å². The van der Waals surface area contributed by atoms with E-state index in [9.17, 15) is 9.59 Å². The molecule has 1 saturated heterocycles. The van der Waals surface area contributed by atoms with Gasteiger partial charge in [0.1, 0.15) is 18.0 Å². The number of hydrogen-bond donors (Lipinski definition) is 1.